The van der Waals surface area contributed by atoms with Crippen molar-refractivity contribution in [2.75, 3.05) is 11.4 Å². The van der Waals surface area contributed by atoms with E-state index in [1.807, 2.05) is 0 Å². The van der Waals surface area contributed by atoms with Crippen LogP contribution >= 0.6 is 0 Å². The number of aryl methyl sites for hydroxylation is 2. The lowest BCUT2D eigenvalue weighted by Crippen LogP contribution is -2.31. The predicted molar refractivity (Wildman–Crippen MR) is 263 cm³/mol. The second kappa shape index (κ2) is 18.2. The fraction of sp³-hybridized carbons (Fsp3) is 0.237. The molecule has 2 heteroatoms. The normalized spacial score (nSPS) is 16.2. The molecule has 8 rings (SSSR count). The van der Waals surface area contributed by atoms with Gasteiger partial charge in [0.2, 0.25) is 5.69 Å². The summed E-state index contributed by atoms with van der Waals surface area (Å²) in [4.78, 5) is 2.57. The van der Waals surface area contributed by atoms with Crippen molar-refractivity contribution in [3.63, 3.8) is 0 Å². The molecule has 5 aromatic carbocycles. The number of pyridine rings is 1. The van der Waals surface area contributed by atoms with E-state index >= 15 is 0 Å². The van der Waals surface area contributed by atoms with Crippen LogP contribution in [0.3, 0.4) is 0 Å². The number of hydrogen-bond donors (Lipinski definition) is 0. The highest BCUT2D eigenvalue weighted by molar-refractivity contribution is 6.02. The Morgan fingerprint density at radius 3 is 2.20 bits per heavy atom. The monoisotopic (exact) mass is 797 g/mol. The lowest BCUT2D eigenvalue weighted by molar-refractivity contribution is -0.660. The van der Waals surface area contributed by atoms with Gasteiger partial charge in [-0.2, -0.15) is 0 Å². The summed E-state index contributed by atoms with van der Waals surface area (Å²) >= 11 is 0. The number of unbranched alkanes of at least 4 members (excludes halogenated alkanes) is 1. The van der Waals surface area contributed by atoms with E-state index in [-0.39, 0.29) is 0 Å². The molecule has 3 heterocycles. The Kier molecular flexibility index (Phi) is 12.4. The van der Waals surface area contributed by atoms with E-state index in [1.54, 1.807) is 0 Å². The number of allylic oxidation sites excluding steroid dienone is 8. The number of benzene rings is 5. The van der Waals surface area contributed by atoms with Gasteiger partial charge in [-0.1, -0.05) is 142 Å². The van der Waals surface area contributed by atoms with Gasteiger partial charge in [-0.3, -0.25) is 0 Å². The lowest BCUT2D eigenvalue weighted by Gasteiger charge is -2.29. The summed E-state index contributed by atoms with van der Waals surface area (Å²) in [6.07, 6.45) is 16.0. The first-order valence-electron chi connectivity index (χ1n) is 22.3. The van der Waals surface area contributed by atoms with Crippen LogP contribution < -0.4 is 9.47 Å². The molecule has 0 aliphatic carbocycles. The van der Waals surface area contributed by atoms with Gasteiger partial charge in [-0.25, -0.2) is 4.57 Å². The molecule has 61 heavy (non-hydrogen) atoms. The standard InChI is InChI=1S/C59H61N2/c1-9-10-19-47(44(7)53-25-18-17-24-52(53)42(5)27-26-40(2)3)34-50-37-59-54(38-56(50)58-32-41(4)30-31-60(58)8)43(6)33-49(46-22-15-12-16-23-46)35-51-39-61(59)57-29-28-48(36-55(51)57)45-20-13-11-14-21-45/h11-18,20-33,35-38,44,47H,6,9-10,19,34,39H2,1-5,7-8H3/q+1/b42-27+,49-33+,51-35+. The van der Waals surface area contributed by atoms with E-state index < -0.39 is 0 Å². The summed E-state index contributed by atoms with van der Waals surface area (Å²) in [6, 6.07) is 47.4. The molecular formula is C59H61N2+. The van der Waals surface area contributed by atoms with E-state index in [0.717, 1.165) is 25.0 Å². The van der Waals surface area contributed by atoms with Gasteiger partial charge in [0.25, 0.3) is 0 Å². The SMILES string of the molecule is C=C1/C=C(c2ccccc2)\C=C2/CN(c3cc(CC(CCCC)C(C)c4ccccc4/C(C)=C/C=C(C)C)c(-c4cc(C)cc[n+]4C)cc31)c1ccc(-c3ccccc3)cc12. The molecule has 0 radical (unpaired) electrons. The molecule has 2 aliphatic heterocycles. The highest BCUT2D eigenvalue weighted by Gasteiger charge is 2.32. The minimum absolute atomic E-state index is 0.354. The van der Waals surface area contributed by atoms with Crippen molar-refractivity contribution in [1.29, 1.82) is 0 Å². The molecule has 0 fully saturated rings. The Balaban J connectivity index is 1.34. The summed E-state index contributed by atoms with van der Waals surface area (Å²) in [7, 11) is 2.19. The maximum absolute atomic E-state index is 4.85. The molecule has 2 atom stereocenters. The Morgan fingerprint density at radius 2 is 1.46 bits per heavy atom. The third-order valence-electron chi connectivity index (χ3n) is 12.9. The fourth-order valence-electron chi connectivity index (χ4n) is 9.44. The molecule has 2 nitrogen and oxygen atoms in total. The van der Waals surface area contributed by atoms with E-state index in [4.69, 9.17) is 6.58 Å². The van der Waals surface area contributed by atoms with Gasteiger partial charge in [0, 0.05) is 41.2 Å². The fourth-order valence-corrected chi connectivity index (χ4v) is 9.44. The highest BCUT2D eigenvalue weighted by atomic mass is 15.2. The van der Waals surface area contributed by atoms with Crippen molar-refractivity contribution in [1.82, 2.24) is 0 Å². The van der Waals surface area contributed by atoms with E-state index in [2.05, 4.69) is 216 Å². The highest BCUT2D eigenvalue weighted by Crippen LogP contribution is 2.49. The zero-order chi connectivity index (χ0) is 42.6. The molecule has 306 valence electrons. The molecule has 2 unspecified atom stereocenters. The third-order valence-corrected chi connectivity index (χ3v) is 12.9. The summed E-state index contributed by atoms with van der Waals surface area (Å²) in [6.45, 7) is 19.3. The summed E-state index contributed by atoms with van der Waals surface area (Å²) in [5.74, 6) is 0.787. The minimum Gasteiger partial charge on any atom is -0.336 e. The number of hydrogen-bond acceptors (Lipinski definition) is 1. The van der Waals surface area contributed by atoms with Crippen LogP contribution in [0.1, 0.15) is 98.7 Å². The van der Waals surface area contributed by atoms with Crippen LogP contribution in [-0.4, -0.2) is 6.54 Å². The maximum Gasteiger partial charge on any atom is 0.212 e. The second-order valence-electron chi connectivity index (χ2n) is 17.6. The number of aromatic nitrogens is 1. The third kappa shape index (κ3) is 8.82. The predicted octanol–water partition coefficient (Wildman–Crippen LogP) is 15.3. The van der Waals surface area contributed by atoms with Crippen LogP contribution in [0.15, 0.2) is 170 Å². The molecule has 0 saturated heterocycles. The summed E-state index contributed by atoms with van der Waals surface area (Å²) in [5.41, 5.74) is 22.7. The first-order valence-corrected chi connectivity index (χ1v) is 22.3. The van der Waals surface area contributed by atoms with Gasteiger partial charge in [-0.05, 0) is 150 Å². The summed E-state index contributed by atoms with van der Waals surface area (Å²) in [5, 5.41) is 0. The average molecular weight is 798 g/mol. The van der Waals surface area contributed by atoms with Crippen LogP contribution in [0, 0.1) is 12.8 Å². The van der Waals surface area contributed by atoms with Crippen LogP contribution in [0.2, 0.25) is 0 Å². The van der Waals surface area contributed by atoms with Crippen molar-refractivity contribution < 1.29 is 4.57 Å². The lowest BCUT2D eigenvalue weighted by atomic mass is 9.77. The molecule has 6 aromatic rings. The van der Waals surface area contributed by atoms with Gasteiger partial charge >= 0.3 is 0 Å². The molecule has 2 aliphatic rings. The van der Waals surface area contributed by atoms with Crippen LogP contribution in [0.25, 0.3) is 44.7 Å². The van der Waals surface area contributed by atoms with Gasteiger partial charge in [0.1, 0.15) is 7.05 Å². The maximum atomic E-state index is 4.85. The average Bonchev–Trinajstić information content (AvgIpc) is 3.66. The van der Waals surface area contributed by atoms with Crippen molar-refractivity contribution in [3.05, 3.63) is 209 Å². The topological polar surface area (TPSA) is 7.12 Å². The molecule has 0 amide bonds. The minimum atomic E-state index is 0.354. The van der Waals surface area contributed by atoms with Gasteiger partial charge in [0.15, 0.2) is 6.20 Å². The second-order valence-corrected chi connectivity index (χ2v) is 17.6. The largest absolute Gasteiger partial charge is 0.336 e. The zero-order valence-electron chi connectivity index (χ0n) is 37.3. The number of anilines is 2. The van der Waals surface area contributed by atoms with Crippen LogP contribution in [0.4, 0.5) is 11.4 Å². The summed E-state index contributed by atoms with van der Waals surface area (Å²) < 4.78 is 2.30. The smallest absolute Gasteiger partial charge is 0.212 e. The van der Waals surface area contributed by atoms with Gasteiger partial charge < -0.3 is 4.90 Å². The Bertz CT molecular complexity index is 2700. The van der Waals surface area contributed by atoms with Crippen LogP contribution in [-0.2, 0) is 13.5 Å². The molecular weight excluding hydrogens is 737 g/mol. The molecule has 0 spiro atoms. The van der Waals surface area contributed by atoms with Crippen molar-refractivity contribution in [2.45, 2.75) is 73.1 Å². The Morgan fingerprint density at radius 1 is 0.738 bits per heavy atom. The number of nitrogens with zero attached hydrogens (tertiary/aromatic N) is 2. The van der Waals surface area contributed by atoms with Crippen molar-refractivity contribution in [2.24, 2.45) is 13.0 Å². The molecule has 2 bridgehead atoms. The van der Waals surface area contributed by atoms with Crippen molar-refractivity contribution >= 4 is 33.7 Å². The van der Waals surface area contributed by atoms with Gasteiger partial charge in [-0.15, -0.1) is 0 Å². The van der Waals surface area contributed by atoms with E-state index in [1.165, 1.54) is 108 Å². The van der Waals surface area contributed by atoms with Crippen molar-refractivity contribution in [3.8, 4) is 22.4 Å². The molecule has 0 N–H and O–H groups in total. The molecule has 1 aromatic heterocycles. The van der Waals surface area contributed by atoms with E-state index in [0.29, 0.717) is 11.8 Å². The molecule has 0 saturated carbocycles. The van der Waals surface area contributed by atoms with Gasteiger partial charge in [0.05, 0.1) is 5.56 Å². The van der Waals surface area contributed by atoms with Crippen LogP contribution in [0.5, 0.6) is 0 Å². The Hall–Kier alpha value is -6.25. The quantitative estimate of drug-likeness (QED) is 0.0884. The first kappa shape index (κ1) is 41.5. The van der Waals surface area contributed by atoms with E-state index in [9.17, 15) is 0 Å². The number of fused-ring (bicyclic) bond motifs is 7. The zero-order valence-corrected chi connectivity index (χ0v) is 37.3. The first-order chi connectivity index (χ1) is 29.6. The Labute approximate surface area is 365 Å². The number of rotatable bonds is 12.